The van der Waals surface area contributed by atoms with Crippen molar-refractivity contribution < 1.29 is 23.9 Å². The number of ether oxygens (including phenoxy) is 2. The standard InChI is InChI=1S/C15H15NO5/c1-15(2)20-13(18)10(14(19)21-15)7-9-8-5-3-4-6-11(8)16-12(9)17/h3-6,9-10H,7H2,1-2H3,(H,16,17). The summed E-state index contributed by atoms with van der Waals surface area (Å²) in [5.74, 6) is -4.38. The third-order valence-corrected chi connectivity index (χ3v) is 3.64. The average molecular weight is 289 g/mol. The zero-order chi connectivity index (χ0) is 15.2. The number of hydrogen-bond donors (Lipinski definition) is 1. The van der Waals surface area contributed by atoms with Gasteiger partial charge in [0.15, 0.2) is 5.92 Å². The quantitative estimate of drug-likeness (QED) is 0.660. The van der Waals surface area contributed by atoms with Gasteiger partial charge in [-0.3, -0.25) is 14.4 Å². The zero-order valence-electron chi connectivity index (χ0n) is 11.7. The molecule has 2 aliphatic heterocycles. The molecule has 2 heterocycles. The molecule has 3 rings (SSSR count). The number of cyclic esters (lactones) is 2. The second kappa shape index (κ2) is 4.58. The van der Waals surface area contributed by atoms with E-state index in [1.54, 1.807) is 12.1 Å². The fraction of sp³-hybridized carbons (Fsp3) is 0.400. The molecule has 1 aromatic rings. The van der Waals surface area contributed by atoms with Gasteiger partial charge in [-0.1, -0.05) is 18.2 Å². The SMILES string of the molecule is CC1(C)OC(=O)C(CC2C(=O)Nc3ccccc32)C(=O)O1. The molecule has 0 saturated carbocycles. The van der Waals surface area contributed by atoms with Crippen LogP contribution in [0.2, 0.25) is 0 Å². The van der Waals surface area contributed by atoms with E-state index in [1.165, 1.54) is 13.8 Å². The highest BCUT2D eigenvalue weighted by Crippen LogP contribution is 2.38. The number of esters is 2. The fourth-order valence-corrected chi connectivity index (χ4v) is 2.68. The molecule has 0 radical (unpaired) electrons. The normalized spacial score (nSPS) is 24.1. The second-order valence-corrected chi connectivity index (χ2v) is 5.66. The largest absolute Gasteiger partial charge is 0.422 e. The molecule has 21 heavy (non-hydrogen) atoms. The first-order valence-electron chi connectivity index (χ1n) is 6.73. The molecule has 0 spiro atoms. The Morgan fingerprint density at radius 3 is 2.33 bits per heavy atom. The van der Waals surface area contributed by atoms with Crippen LogP contribution < -0.4 is 5.32 Å². The number of benzene rings is 1. The van der Waals surface area contributed by atoms with E-state index in [0.29, 0.717) is 5.69 Å². The Hall–Kier alpha value is -2.37. The van der Waals surface area contributed by atoms with Crippen molar-refractivity contribution in [2.75, 3.05) is 5.32 Å². The minimum absolute atomic E-state index is 0.0522. The van der Waals surface area contributed by atoms with Crippen molar-refractivity contribution in [3.05, 3.63) is 29.8 Å². The molecule has 6 heteroatoms. The van der Waals surface area contributed by atoms with Gasteiger partial charge in [-0.15, -0.1) is 0 Å². The molecule has 6 nitrogen and oxygen atoms in total. The smallest absolute Gasteiger partial charge is 0.323 e. The fourth-order valence-electron chi connectivity index (χ4n) is 2.68. The van der Waals surface area contributed by atoms with Crippen LogP contribution in [-0.2, 0) is 23.9 Å². The van der Waals surface area contributed by atoms with Gasteiger partial charge in [0.05, 0.1) is 5.92 Å². The Morgan fingerprint density at radius 1 is 1.05 bits per heavy atom. The minimum Gasteiger partial charge on any atom is -0.422 e. The summed E-state index contributed by atoms with van der Waals surface area (Å²) in [5, 5.41) is 2.74. The number of para-hydroxylation sites is 1. The third kappa shape index (κ3) is 2.37. The number of carbonyl (C=O) groups excluding carboxylic acids is 3. The maximum Gasteiger partial charge on any atom is 0.323 e. The molecule has 110 valence electrons. The first-order chi connectivity index (χ1) is 9.87. The molecule has 1 amide bonds. The van der Waals surface area contributed by atoms with Crippen molar-refractivity contribution in [1.82, 2.24) is 0 Å². The van der Waals surface area contributed by atoms with Gasteiger partial charge in [0.1, 0.15) is 0 Å². The van der Waals surface area contributed by atoms with Gasteiger partial charge in [-0.05, 0) is 18.1 Å². The summed E-state index contributed by atoms with van der Waals surface area (Å²) in [7, 11) is 0. The maximum atomic E-state index is 12.0. The summed E-state index contributed by atoms with van der Waals surface area (Å²) >= 11 is 0. The van der Waals surface area contributed by atoms with E-state index in [0.717, 1.165) is 5.56 Å². The van der Waals surface area contributed by atoms with Gasteiger partial charge in [0, 0.05) is 19.5 Å². The van der Waals surface area contributed by atoms with Crippen molar-refractivity contribution in [2.45, 2.75) is 32.0 Å². The number of hydrogen-bond acceptors (Lipinski definition) is 5. The summed E-state index contributed by atoms with van der Waals surface area (Å²) in [6, 6.07) is 7.22. The van der Waals surface area contributed by atoms with Crippen molar-refractivity contribution in [1.29, 1.82) is 0 Å². The molecular formula is C15H15NO5. The van der Waals surface area contributed by atoms with Gasteiger partial charge in [0.2, 0.25) is 5.91 Å². The third-order valence-electron chi connectivity index (χ3n) is 3.64. The molecule has 1 aromatic carbocycles. The highest BCUT2D eigenvalue weighted by Gasteiger charge is 2.46. The molecule has 1 saturated heterocycles. The molecule has 2 aliphatic rings. The first-order valence-corrected chi connectivity index (χ1v) is 6.73. The lowest BCUT2D eigenvalue weighted by Gasteiger charge is -2.33. The number of anilines is 1. The molecule has 1 atom stereocenters. The number of fused-ring (bicyclic) bond motifs is 1. The molecule has 0 aromatic heterocycles. The molecule has 1 fully saturated rings. The summed E-state index contributed by atoms with van der Waals surface area (Å²) in [5.41, 5.74) is 1.50. The average Bonchev–Trinajstić information content (AvgIpc) is 2.68. The highest BCUT2D eigenvalue weighted by atomic mass is 16.7. The van der Waals surface area contributed by atoms with Gasteiger partial charge in [-0.2, -0.15) is 0 Å². The molecule has 0 aliphatic carbocycles. The van der Waals surface area contributed by atoms with E-state index in [2.05, 4.69) is 5.32 Å². The minimum atomic E-state index is -1.25. The predicted octanol–water partition coefficient (Wildman–Crippen LogP) is 1.56. The van der Waals surface area contributed by atoms with Crippen molar-refractivity contribution in [2.24, 2.45) is 5.92 Å². The topological polar surface area (TPSA) is 81.7 Å². The Labute approximate surface area is 121 Å². The molecule has 1 unspecified atom stereocenters. The monoisotopic (exact) mass is 289 g/mol. The summed E-state index contributed by atoms with van der Waals surface area (Å²) < 4.78 is 10.2. The van der Waals surface area contributed by atoms with Crippen LogP contribution in [0.5, 0.6) is 0 Å². The van der Waals surface area contributed by atoms with Crippen molar-refractivity contribution >= 4 is 23.5 Å². The van der Waals surface area contributed by atoms with Crippen LogP contribution in [-0.4, -0.2) is 23.6 Å². The van der Waals surface area contributed by atoms with Crippen molar-refractivity contribution in [3.63, 3.8) is 0 Å². The van der Waals surface area contributed by atoms with Crippen LogP contribution in [0.1, 0.15) is 31.7 Å². The van der Waals surface area contributed by atoms with E-state index < -0.39 is 29.6 Å². The Balaban J connectivity index is 1.83. The Kier molecular flexibility index (Phi) is 2.97. The van der Waals surface area contributed by atoms with E-state index >= 15 is 0 Å². The van der Waals surface area contributed by atoms with Crippen LogP contribution in [0.4, 0.5) is 5.69 Å². The lowest BCUT2D eigenvalue weighted by Crippen LogP contribution is -2.46. The number of nitrogens with one attached hydrogen (secondary N) is 1. The summed E-state index contributed by atoms with van der Waals surface area (Å²) in [4.78, 5) is 36.0. The van der Waals surface area contributed by atoms with E-state index in [1.807, 2.05) is 12.1 Å². The highest BCUT2D eigenvalue weighted by molar-refractivity contribution is 6.04. The summed E-state index contributed by atoms with van der Waals surface area (Å²) in [6.07, 6.45) is 0.0522. The predicted molar refractivity (Wildman–Crippen MR) is 72.2 cm³/mol. The number of amides is 1. The van der Waals surface area contributed by atoms with Crippen molar-refractivity contribution in [3.8, 4) is 0 Å². The number of rotatable bonds is 2. The number of carbonyl (C=O) groups is 3. The van der Waals surface area contributed by atoms with E-state index in [9.17, 15) is 14.4 Å². The zero-order valence-corrected chi connectivity index (χ0v) is 11.7. The molecule has 1 N–H and O–H groups in total. The second-order valence-electron chi connectivity index (χ2n) is 5.66. The van der Waals surface area contributed by atoms with Gasteiger partial charge < -0.3 is 14.8 Å². The molecular weight excluding hydrogens is 274 g/mol. The van der Waals surface area contributed by atoms with Crippen LogP contribution >= 0.6 is 0 Å². The van der Waals surface area contributed by atoms with Gasteiger partial charge in [0.25, 0.3) is 5.79 Å². The van der Waals surface area contributed by atoms with Gasteiger partial charge in [-0.25, -0.2) is 0 Å². The summed E-state index contributed by atoms with van der Waals surface area (Å²) in [6.45, 7) is 2.99. The molecule has 0 bridgehead atoms. The first kappa shape index (κ1) is 13.6. The maximum absolute atomic E-state index is 12.0. The van der Waals surface area contributed by atoms with E-state index in [4.69, 9.17) is 9.47 Å². The van der Waals surface area contributed by atoms with Crippen LogP contribution in [0.25, 0.3) is 0 Å². The van der Waals surface area contributed by atoms with Gasteiger partial charge >= 0.3 is 11.9 Å². The lowest BCUT2D eigenvalue weighted by atomic mass is 9.89. The van der Waals surface area contributed by atoms with Crippen LogP contribution in [0, 0.1) is 5.92 Å². The van der Waals surface area contributed by atoms with Crippen LogP contribution in [0.15, 0.2) is 24.3 Å². The lowest BCUT2D eigenvalue weighted by molar-refractivity contribution is -0.240. The van der Waals surface area contributed by atoms with Crippen LogP contribution in [0.3, 0.4) is 0 Å². The Bertz CT molecular complexity index is 617. The van der Waals surface area contributed by atoms with E-state index in [-0.39, 0.29) is 12.3 Å². The Morgan fingerprint density at radius 2 is 1.67 bits per heavy atom.